The van der Waals surface area contributed by atoms with Crippen LogP contribution in [0.15, 0.2) is 0 Å². The van der Waals surface area contributed by atoms with Crippen LogP contribution in [0.3, 0.4) is 0 Å². The predicted molar refractivity (Wildman–Crippen MR) is 40.1 cm³/mol. The van der Waals surface area contributed by atoms with Gasteiger partial charge in [-0.2, -0.15) is 13.2 Å². The van der Waals surface area contributed by atoms with Crippen molar-refractivity contribution in [1.82, 2.24) is 0 Å². The lowest BCUT2D eigenvalue weighted by molar-refractivity contribution is -0.212. The Balaban J connectivity index is 5.08. The van der Waals surface area contributed by atoms with E-state index in [4.69, 9.17) is 10.8 Å². The second-order valence-electron chi connectivity index (χ2n) is 2.98. The molecule has 0 heterocycles. The molecule has 0 fully saturated rings. The van der Waals surface area contributed by atoms with Crippen LogP contribution >= 0.6 is 0 Å². The van der Waals surface area contributed by atoms with Crippen molar-refractivity contribution in [1.29, 1.82) is 0 Å². The van der Waals surface area contributed by atoms with E-state index in [-0.39, 0.29) is 6.42 Å². The van der Waals surface area contributed by atoms with E-state index in [0.29, 0.717) is 0 Å². The van der Waals surface area contributed by atoms with Gasteiger partial charge in [0.15, 0.2) is 0 Å². The summed E-state index contributed by atoms with van der Waals surface area (Å²) < 4.78 is 36.9. The Morgan fingerprint density at radius 3 is 2.00 bits per heavy atom. The van der Waals surface area contributed by atoms with Crippen LogP contribution in [-0.2, 0) is 4.79 Å². The van der Waals surface area contributed by atoms with E-state index in [0.717, 1.165) is 0 Å². The summed E-state index contributed by atoms with van der Waals surface area (Å²) in [4.78, 5) is 10.4. The Kier molecular flexibility index (Phi) is 3.32. The zero-order chi connectivity index (χ0) is 10.9. The van der Waals surface area contributed by atoms with Gasteiger partial charge in [-0.15, -0.1) is 0 Å². The fraction of sp³-hybridized carbons (Fsp3) is 0.857. The molecule has 0 spiro atoms. The molecule has 3 N–H and O–H groups in total. The fourth-order valence-corrected chi connectivity index (χ4v) is 0.933. The van der Waals surface area contributed by atoms with Crippen molar-refractivity contribution in [2.45, 2.75) is 32.0 Å². The summed E-state index contributed by atoms with van der Waals surface area (Å²) in [6.07, 6.45) is -4.86. The van der Waals surface area contributed by atoms with Gasteiger partial charge in [0.1, 0.15) is 0 Å². The molecule has 78 valence electrons. The number of hydrogen-bond donors (Lipinski definition) is 2. The van der Waals surface area contributed by atoms with Gasteiger partial charge in [-0.25, -0.2) is 4.79 Å². The van der Waals surface area contributed by atoms with Gasteiger partial charge in [0.25, 0.3) is 0 Å². The largest absolute Gasteiger partial charge is 0.480 e. The first-order valence-corrected chi connectivity index (χ1v) is 3.76. The Bertz CT molecular complexity index is 204. The molecule has 2 unspecified atom stereocenters. The van der Waals surface area contributed by atoms with Gasteiger partial charge in [0.2, 0.25) is 5.54 Å². The second kappa shape index (κ2) is 3.53. The Morgan fingerprint density at radius 1 is 1.54 bits per heavy atom. The van der Waals surface area contributed by atoms with Crippen LogP contribution in [0.1, 0.15) is 20.3 Å². The molecule has 0 saturated heterocycles. The minimum atomic E-state index is -4.92. The molecule has 0 bridgehead atoms. The number of alkyl halides is 3. The number of rotatable bonds is 3. The van der Waals surface area contributed by atoms with E-state index in [1.165, 1.54) is 13.8 Å². The summed E-state index contributed by atoms with van der Waals surface area (Å²) in [7, 11) is 0. The highest BCUT2D eigenvalue weighted by molar-refractivity contribution is 5.80. The van der Waals surface area contributed by atoms with Crippen molar-refractivity contribution >= 4 is 5.97 Å². The van der Waals surface area contributed by atoms with Gasteiger partial charge in [0, 0.05) is 0 Å². The molecule has 0 aliphatic rings. The Morgan fingerprint density at radius 2 is 1.92 bits per heavy atom. The van der Waals surface area contributed by atoms with E-state index >= 15 is 0 Å². The first kappa shape index (κ1) is 12.2. The molecule has 0 saturated carbocycles. The fourth-order valence-electron chi connectivity index (χ4n) is 0.933. The maximum atomic E-state index is 12.3. The van der Waals surface area contributed by atoms with Crippen LogP contribution in [0.5, 0.6) is 0 Å². The molecule has 6 heteroatoms. The van der Waals surface area contributed by atoms with E-state index in [1.807, 2.05) is 0 Å². The van der Waals surface area contributed by atoms with E-state index < -0.39 is 23.6 Å². The zero-order valence-electron chi connectivity index (χ0n) is 7.35. The Hall–Kier alpha value is -0.780. The average molecular weight is 199 g/mol. The number of aliphatic carboxylic acids is 1. The summed E-state index contributed by atoms with van der Waals surface area (Å²) in [5, 5.41) is 8.42. The third-order valence-electron chi connectivity index (χ3n) is 2.21. The minimum Gasteiger partial charge on any atom is -0.480 e. The molecule has 0 aliphatic heterocycles. The molecule has 0 amide bonds. The van der Waals surface area contributed by atoms with E-state index in [9.17, 15) is 18.0 Å². The maximum Gasteiger partial charge on any atom is 0.417 e. The molecular weight excluding hydrogens is 187 g/mol. The van der Waals surface area contributed by atoms with Gasteiger partial charge < -0.3 is 10.8 Å². The highest BCUT2D eigenvalue weighted by Gasteiger charge is 2.60. The highest BCUT2D eigenvalue weighted by Crippen LogP contribution is 2.35. The van der Waals surface area contributed by atoms with Crippen molar-refractivity contribution in [3.63, 3.8) is 0 Å². The topological polar surface area (TPSA) is 63.3 Å². The molecule has 0 aromatic rings. The van der Waals surface area contributed by atoms with Crippen LogP contribution in [0, 0.1) is 5.92 Å². The monoisotopic (exact) mass is 199 g/mol. The molecule has 0 aliphatic carbocycles. The van der Waals surface area contributed by atoms with Gasteiger partial charge in [-0.3, -0.25) is 0 Å². The van der Waals surface area contributed by atoms with E-state index in [1.54, 1.807) is 0 Å². The van der Waals surface area contributed by atoms with Crippen LogP contribution in [0.4, 0.5) is 13.2 Å². The van der Waals surface area contributed by atoms with E-state index in [2.05, 4.69) is 0 Å². The standard InChI is InChI=1S/C7H12F3NO2/c1-3-4(2)6(11,5(12)13)7(8,9)10/h4H,3,11H2,1-2H3,(H,12,13). The minimum absolute atomic E-state index is 0.0578. The third-order valence-corrected chi connectivity index (χ3v) is 2.21. The van der Waals surface area contributed by atoms with Crippen molar-refractivity contribution in [2.75, 3.05) is 0 Å². The molecule has 0 aromatic carbocycles. The summed E-state index contributed by atoms with van der Waals surface area (Å²) in [5.74, 6) is -3.18. The SMILES string of the molecule is CCC(C)C(N)(C(=O)O)C(F)(F)F. The third kappa shape index (κ3) is 1.93. The summed E-state index contributed by atoms with van der Waals surface area (Å²) in [5.41, 5.74) is 1.71. The van der Waals surface area contributed by atoms with Gasteiger partial charge in [-0.05, 0) is 5.92 Å². The summed E-state index contributed by atoms with van der Waals surface area (Å²) in [6.45, 7) is 2.63. The average Bonchev–Trinajstić information content (AvgIpc) is 1.98. The van der Waals surface area contributed by atoms with Gasteiger partial charge >= 0.3 is 12.1 Å². The molecule has 13 heavy (non-hydrogen) atoms. The van der Waals surface area contributed by atoms with Crippen LogP contribution in [0.2, 0.25) is 0 Å². The number of halogens is 3. The first-order chi connectivity index (χ1) is 5.67. The summed E-state index contributed by atoms with van der Waals surface area (Å²) in [6, 6.07) is 0. The molecule has 3 nitrogen and oxygen atoms in total. The lowest BCUT2D eigenvalue weighted by Gasteiger charge is -2.32. The van der Waals surface area contributed by atoms with Crippen molar-refractivity contribution < 1.29 is 23.1 Å². The van der Waals surface area contributed by atoms with Crippen LogP contribution in [-0.4, -0.2) is 22.8 Å². The van der Waals surface area contributed by atoms with Crippen LogP contribution < -0.4 is 5.73 Å². The normalized spacial score (nSPS) is 19.2. The number of hydrogen-bond acceptors (Lipinski definition) is 2. The lowest BCUT2D eigenvalue weighted by atomic mass is 9.83. The predicted octanol–water partition coefficient (Wildman–Crippen LogP) is 1.38. The van der Waals surface area contributed by atoms with Crippen LogP contribution in [0.25, 0.3) is 0 Å². The lowest BCUT2D eigenvalue weighted by Crippen LogP contribution is -2.63. The molecule has 0 rings (SSSR count). The molecule has 0 aromatic heterocycles. The number of carboxylic acid groups (broad SMARTS) is 1. The Labute approximate surface area is 73.7 Å². The number of carboxylic acids is 1. The van der Waals surface area contributed by atoms with Crippen molar-refractivity contribution in [3.05, 3.63) is 0 Å². The van der Waals surface area contributed by atoms with Gasteiger partial charge in [-0.1, -0.05) is 20.3 Å². The van der Waals surface area contributed by atoms with Crippen molar-refractivity contribution in [2.24, 2.45) is 11.7 Å². The quantitative estimate of drug-likeness (QED) is 0.721. The summed E-state index contributed by atoms with van der Waals surface area (Å²) >= 11 is 0. The maximum absolute atomic E-state index is 12.3. The molecular formula is C7H12F3NO2. The molecule has 2 atom stereocenters. The first-order valence-electron chi connectivity index (χ1n) is 3.76. The second-order valence-corrected chi connectivity index (χ2v) is 2.98. The number of carbonyl (C=O) groups is 1. The van der Waals surface area contributed by atoms with Gasteiger partial charge in [0.05, 0.1) is 0 Å². The molecule has 0 radical (unpaired) electrons. The zero-order valence-corrected chi connectivity index (χ0v) is 7.35. The highest BCUT2D eigenvalue weighted by atomic mass is 19.4. The van der Waals surface area contributed by atoms with Crippen molar-refractivity contribution in [3.8, 4) is 0 Å². The smallest absolute Gasteiger partial charge is 0.417 e. The number of nitrogens with two attached hydrogens (primary N) is 1.